The van der Waals surface area contributed by atoms with Gasteiger partial charge in [0.2, 0.25) is 0 Å². The van der Waals surface area contributed by atoms with Crippen LogP contribution in [0.3, 0.4) is 0 Å². The van der Waals surface area contributed by atoms with Crippen molar-refractivity contribution in [1.82, 2.24) is 9.88 Å². The third-order valence-corrected chi connectivity index (χ3v) is 3.04. The topological polar surface area (TPSA) is 93.4 Å². The highest BCUT2D eigenvalue weighted by molar-refractivity contribution is 7.89. The summed E-state index contributed by atoms with van der Waals surface area (Å²) in [5.41, 5.74) is 0.569. The molecule has 1 rings (SSSR count). The van der Waals surface area contributed by atoms with E-state index in [-0.39, 0.29) is 10.6 Å². The van der Waals surface area contributed by atoms with Crippen LogP contribution >= 0.6 is 0 Å². The molecule has 1 aromatic rings. The molecular formula is C10H15N3O3S. The predicted octanol–water partition coefficient (Wildman–Crippen LogP) is -0.00680. The van der Waals surface area contributed by atoms with Gasteiger partial charge in [-0.15, -0.1) is 0 Å². The molecule has 1 aromatic heterocycles. The van der Waals surface area contributed by atoms with Crippen LogP contribution in [-0.2, 0) is 16.4 Å². The molecule has 1 amide bonds. The van der Waals surface area contributed by atoms with Gasteiger partial charge in [-0.2, -0.15) is 0 Å². The minimum Gasteiger partial charge on any atom is -0.345 e. The van der Waals surface area contributed by atoms with Gasteiger partial charge in [-0.3, -0.25) is 4.79 Å². The van der Waals surface area contributed by atoms with Crippen molar-refractivity contribution in [2.45, 2.75) is 18.4 Å². The Morgan fingerprint density at radius 3 is 2.41 bits per heavy atom. The number of primary sulfonamides is 1. The van der Waals surface area contributed by atoms with Gasteiger partial charge in [0.15, 0.2) is 5.03 Å². The minimum absolute atomic E-state index is 0.00491. The second-order valence-corrected chi connectivity index (χ2v) is 5.23. The van der Waals surface area contributed by atoms with E-state index >= 15 is 0 Å². The molecule has 0 bridgehead atoms. The van der Waals surface area contributed by atoms with E-state index in [9.17, 15) is 13.2 Å². The first-order valence-electron chi connectivity index (χ1n) is 5.01. The Hall–Kier alpha value is -1.47. The molecule has 2 N–H and O–H groups in total. The molecule has 6 nitrogen and oxygen atoms in total. The zero-order valence-corrected chi connectivity index (χ0v) is 10.8. The maximum absolute atomic E-state index is 11.8. The zero-order valence-electron chi connectivity index (χ0n) is 9.97. The lowest BCUT2D eigenvalue weighted by atomic mass is 10.2. The lowest BCUT2D eigenvalue weighted by Gasteiger charge is -2.13. The lowest BCUT2D eigenvalue weighted by Crippen LogP contribution is -2.26. The van der Waals surface area contributed by atoms with Crippen molar-refractivity contribution in [3.05, 3.63) is 23.4 Å². The molecule has 7 heteroatoms. The van der Waals surface area contributed by atoms with E-state index in [1.807, 2.05) is 6.92 Å². The van der Waals surface area contributed by atoms with Crippen molar-refractivity contribution in [3.63, 3.8) is 0 Å². The summed E-state index contributed by atoms with van der Waals surface area (Å²) < 4.78 is 22.8. The molecule has 94 valence electrons. The number of aryl methyl sites for hydroxylation is 1. The smallest absolute Gasteiger partial charge is 0.256 e. The van der Waals surface area contributed by atoms with Gasteiger partial charge in [-0.1, -0.05) is 6.92 Å². The molecule has 17 heavy (non-hydrogen) atoms. The van der Waals surface area contributed by atoms with E-state index in [2.05, 4.69) is 4.98 Å². The van der Waals surface area contributed by atoms with Crippen LogP contribution in [0.4, 0.5) is 0 Å². The highest BCUT2D eigenvalue weighted by Gasteiger charge is 2.22. The summed E-state index contributed by atoms with van der Waals surface area (Å²) in [6.45, 7) is 1.84. The number of hydrogen-bond donors (Lipinski definition) is 1. The standard InChI is InChI=1S/C10H15N3O3S/c1-4-7-5-6-8(10(14)13(2)3)9(12-7)17(11,15)16/h5-6H,4H2,1-3H3,(H2,11,15,16). The van der Waals surface area contributed by atoms with Crippen molar-refractivity contribution < 1.29 is 13.2 Å². The number of amides is 1. The van der Waals surface area contributed by atoms with E-state index in [1.54, 1.807) is 6.07 Å². The number of carbonyl (C=O) groups is 1. The summed E-state index contributed by atoms with van der Waals surface area (Å²) in [5.74, 6) is -0.441. The van der Waals surface area contributed by atoms with Gasteiger partial charge in [0.1, 0.15) is 0 Å². The highest BCUT2D eigenvalue weighted by Crippen LogP contribution is 2.14. The van der Waals surface area contributed by atoms with E-state index in [0.717, 1.165) is 0 Å². The molecular weight excluding hydrogens is 242 g/mol. The first-order chi connectivity index (χ1) is 7.77. The average Bonchev–Trinajstić information content (AvgIpc) is 2.26. The first kappa shape index (κ1) is 13.6. The third-order valence-electron chi connectivity index (χ3n) is 2.19. The van der Waals surface area contributed by atoms with Crippen molar-refractivity contribution in [2.24, 2.45) is 5.14 Å². The van der Waals surface area contributed by atoms with E-state index < -0.39 is 15.9 Å². The van der Waals surface area contributed by atoms with Crippen LogP contribution in [-0.4, -0.2) is 38.3 Å². The molecule has 0 aliphatic carbocycles. The van der Waals surface area contributed by atoms with E-state index in [0.29, 0.717) is 12.1 Å². The SMILES string of the molecule is CCc1ccc(C(=O)N(C)C)c(S(N)(=O)=O)n1. The number of aromatic nitrogens is 1. The molecule has 0 radical (unpaired) electrons. The van der Waals surface area contributed by atoms with Gasteiger partial charge in [0.25, 0.3) is 15.9 Å². The van der Waals surface area contributed by atoms with Gasteiger partial charge in [-0.05, 0) is 18.6 Å². The number of carbonyl (C=O) groups excluding carboxylic acids is 1. The summed E-state index contributed by atoms with van der Waals surface area (Å²) in [6, 6.07) is 3.05. The Morgan fingerprint density at radius 2 is 2.00 bits per heavy atom. The van der Waals surface area contributed by atoms with Gasteiger partial charge in [0, 0.05) is 19.8 Å². The second kappa shape index (κ2) is 4.80. The largest absolute Gasteiger partial charge is 0.345 e. The van der Waals surface area contributed by atoms with Gasteiger partial charge < -0.3 is 4.90 Å². The Labute approximate surface area is 100 Å². The molecule has 0 aliphatic rings. The fraction of sp³-hybridized carbons (Fsp3) is 0.400. The number of pyridine rings is 1. The Bertz CT molecular complexity index is 538. The van der Waals surface area contributed by atoms with Crippen LogP contribution in [0.15, 0.2) is 17.2 Å². The summed E-state index contributed by atoms with van der Waals surface area (Å²) >= 11 is 0. The van der Waals surface area contributed by atoms with Crippen LogP contribution in [0.5, 0.6) is 0 Å². The fourth-order valence-corrected chi connectivity index (χ4v) is 2.00. The Balaban J connectivity index is 3.46. The molecule has 0 unspecified atom stereocenters. The monoisotopic (exact) mass is 257 g/mol. The van der Waals surface area contributed by atoms with Crippen LogP contribution in [0.25, 0.3) is 0 Å². The number of sulfonamides is 1. The van der Waals surface area contributed by atoms with Gasteiger partial charge in [-0.25, -0.2) is 18.5 Å². The summed E-state index contributed by atoms with van der Waals surface area (Å²) in [7, 11) is -0.942. The Kier molecular flexibility index (Phi) is 3.84. The highest BCUT2D eigenvalue weighted by atomic mass is 32.2. The average molecular weight is 257 g/mol. The number of nitrogens with zero attached hydrogens (tertiary/aromatic N) is 2. The Morgan fingerprint density at radius 1 is 1.41 bits per heavy atom. The van der Waals surface area contributed by atoms with Crippen LogP contribution in [0, 0.1) is 0 Å². The summed E-state index contributed by atoms with van der Waals surface area (Å²) in [4.78, 5) is 17.0. The number of rotatable bonds is 3. The normalized spacial score (nSPS) is 11.3. The van der Waals surface area contributed by atoms with Crippen molar-refractivity contribution in [3.8, 4) is 0 Å². The van der Waals surface area contributed by atoms with Crippen molar-refractivity contribution in [2.75, 3.05) is 14.1 Å². The maximum atomic E-state index is 11.8. The molecule has 1 heterocycles. The molecule has 0 fully saturated rings. The summed E-state index contributed by atoms with van der Waals surface area (Å²) in [5, 5.41) is 4.69. The second-order valence-electron chi connectivity index (χ2n) is 3.75. The zero-order chi connectivity index (χ0) is 13.2. The lowest BCUT2D eigenvalue weighted by molar-refractivity contribution is 0.0823. The van der Waals surface area contributed by atoms with E-state index in [1.165, 1.54) is 25.1 Å². The van der Waals surface area contributed by atoms with Crippen molar-refractivity contribution >= 4 is 15.9 Å². The molecule has 0 saturated carbocycles. The number of nitrogens with two attached hydrogens (primary N) is 1. The molecule has 0 aromatic carbocycles. The van der Waals surface area contributed by atoms with Crippen LogP contribution in [0.2, 0.25) is 0 Å². The number of hydrogen-bond acceptors (Lipinski definition) is 4. The molecule has 0 atom stereocenters. The first-order valence-corrected chi connectivity index (χ1v) is 6.56. The molecule has 0 saturated heterocycles. The van der Waals surface area contributed by atoms with Crippen LogP contribution in [0.1, 0.15) is 23.0 Å². The van der Waals surface area contributed by atoms with Gasteiger partial charge >= 0.3 is 0 Å². The third kappa shape index (κ3) is 3.01. The van der Waals surface area contributed by atoms with Crippen molar-refractivity contribution in [1.29, 1.82) is 0 Å². The van der Waals surface area contributed by atoms with Crippen LogP contribution < -0.4 is 5.14 Å². The van der Waals surface area contributed by atoms with E-state index in [4.69, 9.17) is 5.14 Å². The van der Waals surface area contributed by atoms with Gasteiger partial charge in [0.05, 0.1) is 5.56 Å². The predicted molar refractivity (Wildman–Crippen MR) is 63.0 cm³/mol. The maximum Gasteiger partial charge on any atom is 0.256 e. The quantitative estimate of drug-likeness (QED) is 0.824. The summed E-state index contributed by atoms with van der Waals surface area (Å²) in [6.07, 6.45) is 0.568. The molecule has 0 aliphatic heterocycles. The molecule has 0 spiro atoms. The minimum atomic E-state index is -4.00. The fourth-order valence-electron chi connectivity index (χ4n) is 1.30.